The van der Waals surface area contributed by atoms with E-state index < -0.39 is 0 Å². The van der Waals surface area contributed by atoms with Gasteiger partial charge in [0.25, 0.3) is 0 Å². The molecule has 1 heterocycles. The molecule has 0 aliphatic carbocycles. The second kappa shape index (κ2) is 6.94. The summed E-state index contributed by atoms with van der Waals surface area (Å²) in [6.45, 7) is 4.41. The van der Waals surface area contributed by atoms with E-state index >= 15 is 0 Å². The van der Waals surface area contributed by atoms with Gasteiger partial charge in [-0.15, -0.1) is 11.3 Å². The topological polar surface area (TPSA) is 20.2 Å². The molecule has 0 bridgehead atoms. The zero-order chi connectivity index (χ0) is 11.3. The first-order valence-electron chi connectivity index (χ1n) is 5.06. The van der Waals surface area contributed by atoms with Crippen molar-refractivity contribution in [3.05, 3.63) is 20.8 Å². The summed E-state index contributed by atoms with van der Waals surface area (Å²) in [7, 11) is 0. The lowest BCUT2D eigenvalue weighted by Gasteiger charge is -2.10. The average molecular weight is 309 g/mol. The Hall–Kier alpha value is 0.490. The third-order valence-corrected chi connectivity index (χ3v) is 5.06. The van der Waals surface area contributed by atoms with Crippen molar-refractivity contribution >= 4 is 39.0 Å². The first-order chi connectivity index (χ1) is 7.08. The lowest BCUT2D eigenvalue weighted by molar-refractivity contribution is 0.201. The van der Waals surface area contributed by atoms with E-state index in [0.29, 0.717) is 5.92 Å². The Morgan fingerprint density at radius 2 is 2.20 bits per heavy atom. The summed E-state index contributed by atoms with van der Waals surface area (Å²) in [5.41, 5.74) is 0. The molecule has 4 heteroatoms. The van der Waals surface area contributed by atoms with Crippen molar-refractivity contribution in [2.75, 3.05) is 11.5 Å². The molecule has 0 spiro atoms. The molecule has 0 amide bonds. The van der Waals surface area contributed by atoms with Gasteiger partial charge in [0.15, 0.2) is 0 Å². The smallest absolute Gasteiger partial charge is 0.0678 e. The van der Waals surface area contributed by atoms with E-state index in [1.54, 1.807) is 11.3 Å². The summed E-state index contributed by atoms with van der Waals surface area (Å²) in [6, 6.07) is 2.08. The van der Waals surface area contributed by atoms with E-state index in [0.717, 1.165) is 22.4 Å². The van der Waals surface area contributed by atoms with Gasteiger partial charge in [-0.1, -0.05) is 13.8 Å². The van der Waals surface area contributed by atoms with E-state index in [1.807, 2.05) is 11.8 Å². The van der Waals surface area contributed by atoms with Crippen LogP contribution >= 0.6 is 39.0 Å². The molecule has 0 aliphatic rings. The molecule has 1 unspecified atom stereocenters. The van der Waals surface area contributed by atoms with Crippen LogP contribution < -0.4 is 0 Å². The minimum Gasteiger partial charge on any atom is -0.392 e. The molecule has 1 aromatic rings. The molecule has 1 atom stereocenters. The van der Waals surface area contributed by atoms with Crippen LogP contribution in [0.2, 0.25) is 0 Å². The average Bonchev–Trinajstić information content (AvgIpc) is 2.50. The van der Waals surface area contributed by atoms with Crippen LogP contribution in [-0.2, 0) is 6.42 Å². The minimum absolute atomic E-state index is 0.209. The van der Waals surface area contributed by atoms with Crippen molar-refractivity contribution in [1.29, 1.82) is 0 Å². The standard InChI is InChI=1S/C11H17BrOS2/c1-8(2)5-14-7-10(13)4-11-3-9(12)6-15-11/h3,6,8,10,13H,4-5,7H2,1-2H3. The summed E-state index contributed by atoms with van der Waals surface area (Å²) in [6.07, 6.45) is 0.570. The van der Waals surface area contributed by atoms with Crippen LogP contribution in [-0.4, -0.2) is 22.7 Å². The summed E-state index contributed by atoms with van der Waals surface area (Å²) >= 11 is 6.96. The molecular weight excluding hydrogens is 292 g/mol. The molecule has 0 saturated carbocycles. The van der Waals surface area contributed by atoms with Gasteiger partial charge in [-0.25, -0.2) is 0 Å². The van der Waals surface area contributed by atoms with Gasteiger partial charge in [-0.05, 0) is 33.7 Å². The molecule has 15 heavy (non-hydrogen) atoms. The maximum atomic E-state index is 9.80. The van der Waals surface area contributed by atoms with Gasteiger partial charge in [-0.2, -0.15) is 11.8 Å². The van der Waals surface area contributed by atoms with Crippen LogP contribution in [0, 0.1) is 5.92 Å². The summed E-state index contributed by atoms with van der Waals surface area (Å²) in [5.74, 6) is 2.68. The van der Waals surface area contributed by atoms with Gasteiger partial charge < -0.3 is 5.11 Å². The Kier molecular flexibility index (Phi) is 6.27. The minimum atomic E-state index is -0.209. The monoisotopic (exact) mass is 308 g/mol. The van der Waals surface area contributed by atoms with Gasteiger partial charge in [-0.3, -0.25) is 0 Å². The number of aliphatic hydroxyl groups excluding tert-OH is 1. The van der Waals surface area contributed by atoms with E-state index in [1.165, 1.54) is 4.88 Å². The third kappa shape index (κ3) is 5.95. The normalized spacial score (nSPS) is 13.4. The molecule has 1 aromatic heterocycles. The van der Waals surface area contributed by atoms with Gasteiger partial charge >= 0.3 is 0 Å². The number of thiophene rings is 1. The highest BCUT2D eigenvalue weighted by atomic mass is 79.9. The van der Waals surface area contributed by atoms with Gasteiger partial charge in [0, 0.05) is 26.9 Å². The van der Waals surface area contributed by atoms with E-state index in [4.69, 9.17) is 0 Å². The van der Waals surface area contributed by atoms with Crippen LogP contribution in [0.4, 0.5) is 0 Å². The quantitative estimate of drug-likeness (QED) is 0.862. The van der Waals surface area contributed by atoms with Gasteiger partial charge in [0.1, 0.15) is 0 Å². The van der Waals surface area contributed by atoms with Gasteiger partial charge in [0.2, 0.25) is 0 Å². The predicted molar refractivity (Wildman–Crippen MR) is 73.9 cm³/mol. The predicted octanol–water partition coefficient (Wildman–Crippen LogP) is 3.80. The maximum absolute atomic E-state index is 9.80. The fraction of sp³-hybridized carbons (Fsp3) is 0.636. The highest BCUT2D eigenvalue weighted by molar-refractivity contribution is 9.10. The zero-order valence-electron chi connectivity index (χ0n) is 9.07. The SMILES string of the molecule is CC(C)CSCC(O)Cc1cc(Br)cs1. The number of hydrogen-bond donors (Lipinski definition) is 1. The van der Waals surface area contributed by atoms with Crippen molar-refractivity contribution in [3.63, 3.8) is 0 Å². The Morgan fingerprint density at radius 1 is 1.47 bits per heavy atom. The highest BCUT2D eigenvalue weighted by Gasteiger charge is 2.08. The van der Waals surface area contributed by atoms with Crippen LogP contribution in [0.5, 0.6) is 0 Å². The van der Waals surface area contributed by atoms with Crippen LogP contribution in [0.25, 0.3) is 0 Å². The fourth-order valence-corrected chi connectivity index (χ4v) is 3.71. The molecule has 86 valence electrons. The van der Waals surface area contributed by atoms with Crippen LogP contribution in [0.3, 0.4) is 0 Å². The molecular formula is C11H17BrOS2. The largest absolute Gasteiger partial charge is 0.392 e. The van der Waals surface area contributed by atoms with E-state index in [2.05, 4.69) is 41.2 Å². The molecule has 0 aromatic carbocycles. The molecule has 0 radical (unpaired) electrons. The Balaban J connectivity index is 2.21. The number of halogens is 1. The molecule has 0 fully saturated rings. The van der Waals surface area contributed by atoms with E-state index in [-0.39, 0.29) is 6.10 Å². The van der Waals surface area contributed by atoms with E-state index in [9.17, 15) is 5.11 Å². The lowest BCUT2D eigenvalue weighted by Crippen LogP contribution is -2.13. The zero-order valence-corrected chi connectivity index (χ0v) is 12.3. The van der Waals surface area contributed by atoms with Crippen LogP contribution in [0.15, 0.2) is 15.9 Å². The van der Waals surface area contributed by atoms with Crippen molar-refractivity contribution in [2.45, 2.75) is 26.4 Å². The van der Waals surface area contributed by atoms with Crippen molar-refractivity contribution < 1.29 is 5.11 Å². The second-order valence-corrected chi connectivity index (χ2v) is 7.01. The number of hydrogen-bond acceptors (Lipinski definition) is 3. The van der Waals surface area contributed by atoms with Crippen molar-refractivity contribution in [3.8, 4) is 0 Å². The molecule has 1 nitrogen and oxygen atoms in total. The Bertz CT molecular complexity index is 286. The van der Waals surface area contributed by atoms with Crippen molar-refractivity contribution in [2.24, 2.45) is 5.92 Å². The number of aliphatic hydroxyl groups is 1. The third-order valence-electron chi connectivity index (χ3n) is 1.82. The Morgan fingerprint density at radius 3 is 2.73 bits per heavy atom. The summed E-state index contributed by atoms with van der Waals surface area (Å²) in [4.78, 5) is 1.25. The lowest BCUT2D eigenvalue weighted by atomic mass is 10.2. The summed E-state index contributed by atoms with van der Waals surface area (Å²) in [5, 5.41) is 11.9. The fourth-order valence-electron chi connectivity index (χ4n) is 1.19. The molecule has 0 saturated heterocycles. The second-order valence-electron chi connectivity index (χ2n) is 4.02. The summed E-state index contributed by atoms with van der Waals surface area (Å²) < 4.78 is 1.12. The molecule has 1 rings (SSSR count). The van der Waals surface area contributed by atoms with Crippen LogP contribution in [0.1, 0.15) is 18.7 Å². The van der Waals surface area contributed by atoms with Gasteiger partial charge in [0.05, 0.1) is 6.10 Å². The molecule has 1 N–H and O–H groups in total. The van der Waals surface area contributed by atoms with Crippen molar-refractivity contribution in [1.82, 2.24) is 0 Å². The maximum Gasteiger partial charge on any atom is 0.0678 e. The first-order valence-corrected chi connectivity index (χ1v) is 7.89. The first kappa shape index (κ1) is 13.6. The Labute approximate surface area is 108 Å². The number of rotatable bonds is 6. The molecule has 0 aliphatic heterocycles. The highest BCUT2D eigenvalue weighted by Crippen LogP contribution is 2.22. The number of thioether (sulfide) groups is 1.